The SMILES string of the molecule is CN1CCC(N(Cc2ccco2)C(=O)c2ccc(OCc3ccccc3C#N)cc2)CC1. The van der Waals surface area contributed by atoms with Crippen LogP contribution in [0.4, 0.5) is 0 Å². The Labute approximate surface area is 188 Å². The van der Waals surface area contributed by atoms with Gasteiger partial charge in [0.05, 0.1) is 24.4 Å². The molecule has 1 fully saturated rings. The molecule has 2 heterocycles. The molecule has 0 N–H and O–H groups in total. The van der Waals surface area contributed by atoms with Crippen LogP contribution in [0.5, 0.6) is 5.75 Å². The lowest BCUT2D eigenvalue weighted by Crippen LogP contribution is -2.46. The van der Waals surface area contributed by atoms with Crippen LogP contribution in [-0.2, 0) is 13.2 Å². The third-order valence-electron chi connectivity index (χ3n) is 5.93. The minimum Gasteiger partial charge on any atom is -0.489 e. The molecule has 1 aromatic heterocycles. The lowest BCUT2D eigenvalue weighted by molar-refractivity contribution is 0.0550. The topological polar surface area (TPSA) is 69.7 Å². The number of hydrogen-bond donors (Lipinski definition) is 0. The van der Waals surface area contributed by atoms with Gasteiger partial charge in [0.25, 0.3) is 5.91 Å². The second-order valence-electron chi connectivity index (χ2n) is 8.13. The van der Waals surface area contributed by atoms with Gasteiger partial charge in [0.2, 0.25) is 0 Å². The predicted octanol–water partition coefficient (Wildman–Crippen LogP) is 4.47. The van der Waals surface area contributed by atoms with E-state index in [1.165, 1.54) is 0 Å². The summed E-state index contributed by atoms with van der Waals surface area (Å²) in [6, 6.07) is 20.7. The number of hydrogen-bond acceptors (Lipinski definition) is 5. The first-order chi connectivity index (χ1) is 15.6. The third kappa shape index (κ3) is 5.19. The van der Waals surface area contributed by atoms with Gasteiger partial charge in [-0.05, 0) is 75.4 Å². The minimum atomic E-state index is -0.00247. The molecule has 0 unspecified atom stereocenters. The Kier molecular flexibility index (Phi) is 6.88. The van der Waals surface area contributed by atoms with Crippen molar-refractivity contribution in [3.05, 3.63) is 89.4 Å². The van der Waals surface area contributed by atoms with Gasteiger partial charge in [-0.15, -0.1) is 0 Å². The molecule has 1 amide bonds. The first kappa shape index (κ1) is 21.7. The number of furan rings is 1. The van der Waals surface area contributed by atoms with E-state index >= 15 is 0 Å². The molecule has 0 spiro atoms. The molecule has 0 bridgehead atoms. The number of amides is 1. The van der Waals surface area contributed by atoms with Crippen LogP contribution in [0.1, 0.15) is 40.1 Å². The van der Waals surface area contributed by atoms with E-state index in [0.717, 1.165) is 37.3 Å². The van der Waals surface area contributed by atoms with Crippen molar-refractivity contribution in [1.29, 1.82) is 5.26 Å². The minimum absolute atomic E-state index is 0.00247. The Morgan fingerprint density at radius 1 is 1.12 bits per heavy atom. The highest BCUT2D eigenvalue weighted by Gasteiger charge is 2.28. The van der Waals surface area contributed by atoms with Gasteiger partial charge in [0.15, 0.2) is 0 Å². The van der Waals surface area contributed by atoms with E-state index in [1.807, 2.05) is 47.4 Å². The van der Waals surface area contributed by atoms with E-state index < -0.39 is 0 Å². The van der Waals surface area contributed by atoms with Gasteiger partial charge in [-0.3, -0.25) is 4.79 Å². The summed E-state index contributed by atoms with van der Waals surface area (Å²) in [6.45, 7) is 2.72. The summed E-state index contributed by atoms with van der Waals surface area (Å²) in [5.41, 5.74) is 2.06. The van der Waals surface area contributed by atoms with Crippen LogP contribution in [-0.4, -0.2) is 41.9 Å². The van der Waals surface area contributed by atoms with Crippen LogP contribution < -0.4 is 4.74 Å². The molecule has 6 nitrogen and oxygen atoms in total. The number of nitrogens with zero attached hydrogens (tertiary/aromatic N) is 3. The van der Waals surface area contributed by atoms with Crippen LogP contribution in [0.2, 0.25) is 0 Å². The van der Waals surface area contributed by atoms with Crippen LogP contribution in [0.3, 0.4) is 0 Å². The van der Waals surface area contributed by atoms with Crippen molar-refractivity contribution in [3.8, 4) is 11.8 Å². The lowest BCUT2D eigenvalue weighted by Gasteiger charge is -2.37. The summed E-state index contributed by atoms with van der Waals surface area (Å²) in [5, 5.41) is 9.22. The van der Waals surface area contributed by atoms with Gasteiger partial charge >= 0.3 is 0 Å². The zero-order chi connectivity index (χ0) is 22.3. The van der Waals surface area contributed by atoms with E-state index in [4.69, 9.17) is 9.15 Å². The summed E-state index contributed by atoms with van der Waals surface area (Å²) in [4.78, 5) is 17.6. The fourth-order valence-corrected chi connectivity index (χ4v) is 4.02. The van der Waals surface area contributed by atoms with Gasteiger partial charge in [-0.1, -0.05) is 18.2 Å². The van der Waals surface area contributed by atoms with Gasteiger partial charge in [0.1, 0.15) is 18.1 Å². The number of rotatable bonds is 7. The van der Waals surface area contributed by atoms with Crippen molar-refractivity contribution in [2.75, 3.05) is 20.1 Å². The van der Waals surface area contributed by atoms with Crippen LogP contribution >= 0.6 is 0 Å². The Bertz CT molecular complexity index is 1060. The van der Waals surface area contributed by atoms with E-state index in [1.54, 1.807) is 24.5 Å². The normalized spacial score (nSPS) is 14.6. The maximum absolute atomic E-state index is 13.4. The second kappa shape index (κ2) is 10.2. The van der Waals surface area contributed by atoms with Gasteiger partial charge in [-0.2, -0.15) is 5.26 Å². The van der Waals surface area contributed by atoms with Crippen molar-refractivity contribution in [3.63, 3.8) is 0 Å². The smallest absolute Gasteiger partial charge is 0.254 e. The average Bonchev–Trinajstić information content (AvgIpc) is 3.35. The Morgan fingerprint density at radius 2 is 1.88 bits per heavy atom. The van der Waals surface area contributed by atoms with Gasteiger partial charge in [0, 0.05) is 17.2 Å². The molecular weight excluding hydrogens is 402 g/mol. The standard InChI is InChI=1S/C26H27N3O3/c1-28-14-12-23(13-15-28)29(18-25-7-4-16-31-25)26(30)20-8-10-24(11-9-20)32-19-22-6-3-2-5-21(22)17-27/h2-11,16,23H,12-15,18-19H2,1H3. The maximum Gasteiger partial charge on any atom is 0.254 e. The maximum atomic E-state index is 13.4. The molecule has 0 aliphatic carbocycles. The van der Waals surface area contributed by atoms with Crippen molar-refractivity contribution < 1.29 is 13.9 Å². The number of carbonyl (C=O) groups excluding carboxylic acids is 1. The first-order valence-electron chi connectivity index (χ1n) is 10.9. The highest BCUT2D eigenvalue weighted by atomic mass is 16.5. The highest BCUT2D eigenvalue weighted by Crippen LogP contribution is 2.23. The molecule has 6 heteroatoms. The number of ether oxygens (including phenoxy) is 1. The molecule has 0 atom stereocenters. The highest BCUT2D eigenvalue weighted by molar-refractivity contribution is 5.94. The molecule has 0 radical (unpaired) electrons. The zero-order valence-corrected chi connectivity index (χ0v) is 18.2. The molecule has 164 valence electrons. The van der Waals surface area contributed by atoms with Gasteiger partial charge in [-0.25, -0.2) is 0 Å². The van der Waals surface area contributed by atoms with E-state index in [9.17, 15) is 10.1 Å². The van der Waals surface area contributed by atoms with Crippen molar-refractivity contribution in [2.24, 2.45) is 0 Å². The molecule has 1 aliphatic rings. The Hall–Kier alpha value is -3.56. The lowest BCUT2D eigenvalue weighted by atomic mass is 10.0. The monoisotopic (exact) mass is 429 g/mol. The average molecular weight is 430 g/mol. The predicted molar refractivity (Wildman–Crippen MR) is 121 cm³/mol. The fourth-order valence-electron chi connectivity index (χ4n) is 4.02. The van der Waals surface area contributed by atoms with E-state index in [-0.39, 0.29) is 11.9 Å². The second-order valence-corrected chi connectivity index (χ2v) is 8.13. The van der Waals surface area contributed by atoms with Crippen LogP contribution in [0.25, 0.3) is 0 Å². The quantitative estimate of drug-likeness (QED) is 0.554. The fraction of sp³-hybridized carbons (Fsp3) is 0.308. The summed E-state index contributed by atoms with van der Waals surface area (Å²) < 4.78 is 11.4. The summed E-state index contributed by atoms with van der Waals surface area (Å²) >= 11 is 0. The number of piperidine rings is 1. The molecule has 0 saturated carbocycles. The van der Waals surface area contributed by atoms with Crippen LogP contribution in [0, 0.1) is 11.3 Å². The van der Waals surface area contributed by atoms with Crippen molar-refractivity contribution in [1.82, 2.24) is 9.80 Å². The Balaban J connectivity index is 1.45. The van der Waals surface area contributed by atoms with Crippen molar-refractivity contribution >= 4 is 5.91 Å². The molecule has 3 aromatic rings. The van der Waals surface area contributed by atoms with Crippen molar-refractivity contribution in [2.45, 2.75) is 32.0 Å². The van der Waals surface area contributed by atoms with Crippen LogP contribution in [0.15, 0.2) is 71.3 Å². The number of nitriles is 1. The summed E-state index contributed by atoms with van der Waals surface area (Å²) in [7, 11) is 2.11. The molecule has 1 saturated heterocycles. The Morgan fingerprint density at radius 3 is 2.56 bits per heavy atom. The number of likely N-dealkylation sites (tertiary alicyclic amines) is 1. The summed E-state index contributed by atoms with van der Waals surface area (Å²) in [5.74, 6) is 1.44. The largest absolute Gasteiger partial charge is 0.489 e. The summed E-state index contributed by atoms with van der Waals surface area (Å²) in [6.07, 6.45) is 3.54. The van der Waals surface area contributed by atoms with E-state index in [0.29, 0.717) is 30.0 Å². The molecular formula is C26H27N3O3. The zero-order valence-electron chi connectivity index (χ0n) is 18.2. The number of carbonyl (C=O) groups is 1. The molecule has 1 aliphatic heterocycles. The third-order valence-corrected chi connectivity index (χ3v) is 5.93. The number of benzene rings is 2. The molecule has 4 rings (SSSR count). The molecule has 32 heavy (non-hydrogen) atoms. The molecule has 2 aromatic carbocycles. The van der Waals surface area contributed by atoms with E-state index in [2.05, 4.69) is 18.0 Å². The first-order valence-corrected chi connectivity index (χ1v) is 10.9. The van der Waals surface area contributed by atoms with Gasteiger partial charge < -0.3 is 19.0 Å².